The van der Waals surface area contributed by atoms with Gasteiger partial charge in [-0.2, -0.15) is 5.26 Å². The van der Waals surface area contributed by atoms with Gasteiger partial charge in [-0.15, -0.1) is 11.8 Å². The highest BCUT2D eigenvalue weighted by Crippen LogP contribution is 2.42. The predicted molar refractivity (Wildman–Crippen MR) is 124 cm³/mol. The molecule has 1 N–H and O–H groups in total. The van der Waals surface area contributed by atoms with Crippen LogP contribution in [0.4, 0.5) is 5.69 Å². The molecule has 2 aromatic carbocycles. The molecule has 2 aromatic rings. The summed E-state index contributed by atoms with van der Waals surface area (Å²) in [6.45, 7) is 2.23. The van der Waals surface area contributed by atoms with E-state index < -0.39 is 0 Å². The van der Waals surface area contributed by atoms with E-state index in [9.17, 15) is 10.1 Å². The maximum Gasteiger partial charge on any atom is 0.251 e. The Bertz CT molecular complexity index is 977. The second-order valence-corrected chi connectivity index (χ2v) is 9.46. The molecule has 6 heteroatoms. The van der Waals surface area contributed by atoms with Crippen LogP contribution in [0, 0.1) is 11.3 Å². The first kappa shape index (κ1) is 21.1. The van der Waals surface area contributed by atoms with Gasteiger partial charge in [0.15, 0.2) is 0 Å². The van der Waals surface area contributed by atoms with Crippen LogP contribution in [0.25, 0.3) is 0 Å². The fourth-order valence-corrected chi connectivity index (χ4v) is 5.52. The van der Waals surface area contributed by atoms with Crippen LogP contribution < -0.4 is 10.2 Å². The molecule has 1 fully saturated rings. The van der Waals surface area contributed by atoms with E-state index in [4.69, 9.17) is 11.6 Å². The van der Waals surface area contributed by atoms with E-state index >= 15 is 0 Å². The number of thioether (sulfide) groups is 1. The van der Waals surface area contributed by atoms with Gasteiger partial charge in [0.05, 0.1) is 10.6 Å². The predicted octanol–water partition coefficient (Wildman–Crippen LogP) is 5.43. The van der Waals surface area contributed by atoms with Gasteiger partial charge < -0.3 is 10.2 Å². The van der Waals surface area contributed by atoms with Gasteiger partial charge in [-0.1, -0.05) is 11.6 Å². The van der Waals surface area contributed by atoms with Crippen molar-refractivity contribution in [3.05, 3.63) is 58.1 Å². The van der Waals surface area contributed by atoms with Gasteiger partial charge in [-0.3, -0.25) is 4.79 Å². The summed E-state index contributed by atoms with van der Waals surface area (Å²) in [6.07, 6.45) is 6.94. The number of carbonyl (C=O) groups is 1. The quantitative estimate of drug-likeness (QED) is 0.645. The molecular weight excluding hydrogens is 414 g/mol. The molecule has 4 rings (SSSR count). The molecule has 1 aliphatic carbocycles. The van der Waals surface area contributed by atoms with E-state index in [0.717, 1.165) is 48.1 Å². The number of fused-ring (bicyclic) bond motifs is 1. The number of halogens is 1. The van der Waals surface area contributed by atoms with Crippen LogP contribution in [0.1, 0.15) is 54.1 Å². The Kier molecular flexibility index (Phi) is 6.26. The Morgan fingerprint density at radius 3 is 2.50 bits per heavy atom. The van der Waals surface area contributed by atoms with Gasteiger partial charge in [-0.05, 0) is 87.2 Å². The van der Waals surface area contributed by atoms with E-state index in [1.807, 2.05) is 36.6 Å². The van der Waals surface area contributed by atoms with Gasteiger partial charge in [-0.25, -0.2) is 0 Å². The van der Waals surface area contributed by atoms with Crippen LogP contribution in [0.5, 0.6) is 0 Å². The van der Waals surface area contributed by atoms with Crippen LogP contribution in [0.15, 0.2) is 41.3 Å². The van der Waals surface area contributed by atoms with Crippen molar-refractivity contribution >= 4 is 35.0 Å². The van der Waals surface area contributed by atoms with Crippen molar-refractivity contribution in [3.63, 3.8) is 0 Å². The van der Waals surface area contributed by atoms with Gasteiger partial charge in [0.25, 0.3) is 5.91 Å². The third kappa shape index (κ3) is 4.04. The molecule has 1 heterocycles. The van der Waals surface area contributed by atoms with Gasteiger partial charge >= 0.3 is 0 Å². The van der Waals surface area contributed by atoms with Crippen molar-refractivity contribution in [2.45, 2.75) is 62.0 Å². The molecule has 0 saturated heterocycles. The normalized spacial score (nSPS) is 23.0. The number of nitrogens with zero attached hydrogens (tertiary/aromatic N) is 2. The summed E-state index contributed by atoms with van der Waals surface area (Å²) < 4.78 is 0. The van der Waals surface area contributed by atoms with Crippen molar-refractivity contribution in [1.29, 1.82) is 5.26 Å². The maximum atomic E-state index is 12.6. The first-order valence-corrected chi connectivity index (χ1v) is 12.1. The Hall–Kier alpha value is -2.16. The lowest BCUT2D eigenvalue weighted by Gasteiger charge is -2.39. The van der Waals surface area contributed by atoms with Crippen molar-refractivity contribution < 1.29 is 4.79 Å². The second-order valence-electron chi connectivity index (χ2n) is 8.20. The molecule has 0 aromatic heterocycles. The van der Waals surface area contributed by atoms with Gasteiger partial charge in [0.1, 0.15) is 6.07 Å². The van der Waals surface area contributed by atoms with Crippen LogP contribution >= 0.6 is 23.4 Å². The average molecular weight is 440 g/mol. The summed E-state index contributed by atoms with van der Waals surface area (Å²) in [5.41, 5.74) is 3.56. The van der Waals surface area contributed by atoms with Crippen molar-refractivity contribution in [2.75, 3.05) is 11.2 Å². The van der Waals surface area contributed by atoms with E-state index in [0.29, 0.717) is 22.7 Å². The molecule has 156 valence electrons. The minimum Gasteiger partial charge on any atom is -0.365 e. The van der Waals surface area contributed by atoms with Crippen molar-refractivity contribution in [2.24, 2.45) is 0 Å². The lowest BCUT2D eigenvalue weighted by Crippen LogP contribution is -2.46. The Morgan fingerprint density at radius 1 is 1.17 bits per heavy atom. The van der Waals surface area contributed by atoms with Crippen LogP contribution in [0.3, 0.4) is 0 Å². The maximum absolute atomic E-state index is 12.6. The highest BCUT2D eigenvalue weighted by Gasteiger charge is 2.35. The fourth-order valence-electron chi connectivity index (χ4n) is 4.83. The number of amides is 1. The zero-order chi connectivity index (χ0) is 21.3. The first-order chi connectivity index (χ1) is 14.5. The summed E-state index contributed by atoms with van der Waals surface area (Å²) in [7, 11) is 0. The second kappa shape index (κ2) is 8.91. The molecule has 2 aliphatic rings. The number of nitrogens with one attached hydrogen (secondary N) is 1. The van der Waals surface area contributed by atoms with Crippen molar-refractivity contribution in [1.82, 2.24) is 5.32 Å². The third-order valence-electron chi connectivity index (χ3n) is 6.37. The molecule has 0 unspecified atom stereocenters. The first-order valence-electron chi connectivity index (χ1n) is 10.5. The smallest absolute Gasteiger partial charge is 0.251 e. The highest BCUT2D eigenvalue weighted by molar-refractivity contribution is 7.98. The van der Waals surface area contributed by atoms with Crippen molar-refractivity contribution in [3.8, 4) is 6.07 Å². The molecule has 0 bridgehead atoms. The molecule has 1 aliphatic heterocycles. The van der Waals surface area contributed by atoms with Crippen LogP contribution in [-0.4, -0.2) is 30.3 Å². The zero-order valence-electron chi connectivity index (χ0n) is 17.3. The number of rotatable bonds is 4. The fraction of sp³-hybridized carbons (Fsp3) is 0.417. The number of carbonyl (C=O) groups excluding carboxylic acids is 1. The minimum absolute atomic E-state index is 0.0156. The standard InChI is InChI=1S/C24H26ClN3OS/c1-15-13-21-22(12-5-17(14-26)23(21)25)28(15)19-8-6-18(7-9-19)27-24(29)16-3-10-20(30-2)11-4-16/h3-5,10-12,15,18-19H,6-9,13H2,1-2H3,(H,27,29)/t15-,18?,19?/m0/s1. The van der Waals surface area contributed by atoms with E-state index in [1.54, 1.807) is 11.8 Å². The molecule has 0 radical (unpaired) electrons. The highest BCUT2D eigenvalue weighted by atomic mass is 35.5. The molecular formula is C24H26ClN3OS. The number of benzene rings is 2. The monoisotopic (exact) mass is 439 g/mol. The average Bonchev–Trinajstić information content (AvgIpc) is 3.11. The summed E-state index contributed by atoms with van der Waals surface area (Å²) in [5, 5.41) is 13.1. The topological polar surface area (TPSA) is 56.1 Å². The van der Waals surface area contributed by atoms with Gasteiger partial charge in [0.2, 0.25) is 0 Å². The Balaban J connectivity index is 1.39. The van der Waals surface area contributed by atoms with Crippen LogP contribution in [0.2, 0.25) is 5.02 Å². The third-order valence-corrected chi connectivity index (χ3v) is 7.54. The molecule has 1 saturated carbocycles. The molecule has 1 atom stereocenters. The van der Waals surface area contributed by atoms with E-state index in [-0.39, 0.29) is 11.9 Å². The van der Waals surface area contributed by atoms with E-state index in [2.05, 4.69) is 29.3 Å². The number of nitriles is 1. The zero-order valence-corrected chi connectivity index (χ0v) is 18.9. The van der Waals surface area contributed by atoms with E-state index in [1.165, 1.54) is 5.69 Å². The summed E-state index contributed by atoms with van der Waals surface area (Å²) in [5.74, 6) is 0.0156. The molecule has 30 heavy (non-hydrogen) atoms. The number of anilines is 1. The Morgan fingerprint density at radius 2 is 1.87 bits per heavy atom. The molecule has 1 amide bonds. The number of hydrogen-bond acceptors (Lipinski definition) is 4. The molecule has 0 spiro atoms. The Labute approximate surface area is 187 Å². The molecule has 4 nitrogen and oxygen atoms in total. The summed E-state index contributed by atoms with van der Waals surface area (Å²) in [6, 6.07) is 14.9. The number of hydrogen-bond donors (Lipinski definition) is 1. The van der Waals surface area contributed by atoms with Gasteiger partial charge in [0, 0.05) is 34.3 Å². The lowest BCUT2D eigenvalue weighted by atomic mass is 9.89. The minimum atomic E-state index is 0.0156. The summed E-state index contributed by atoms with van der Waals surface area (Å²) >= 11 is 8.16. The lowest BCUT2D eigenvalue weighted by molar-refractivity contribution is 0.0925. The summed E-state index contributed by atoms with van der Waals surface area (Å²) in [4.78, 5) is 16.2. The SMILES string of the molecule is CSc1ccc(C(=O)NC2CCC(N3c4ccc(C#N)c(Cl)c4C[C@@H]3C)CC2)cc1. The van der Waals surface area contributed by atoms with Crippen LogP contribution in [-0.2, 0) is 6.42 Å². The largest absolute Gasteiger partial charge is 0.365 e.